The molecule has 0 bridgehead atoms. The van der Waals surface area contributed by atoms with Crippen molar-refractivity contribution >= 4 is 51.1 Å². The van der Waals surface area contributed by atoms with E-state index in [2.05, 4.69) is 95.2 Å². The van der Waals surface area contributed by atoms with Gasteiger partial charge in [-0.25, -0.2) is 0 Å². The summed E-state index contributed by atoms with van der Waals surface area (Å²) in [6.45, 7) is 22.0. The van der Waals surface area contributed by atoms with Gasteiger partial charge in [0.2, 0.25) is 0 Å². The summed E-state index contributed by atoms with van der Waals surface area (Å²) in [6.07, 6.45) is 10.6. The molecule has 0 spiro atoms. The number of benzene rings is 2. The molecule has 5 rings (SSSR count). The molecule has 230 valence electrons. The minimum absolute atomic E-state index is 0. The zero-order valence-electron chi connectivity index (χ0n) is 28.0. The van der Waals surface area contributed by atoms with Gasteiger partial charge in [-0.15, -0.1) is 0 Å². The second kappa shape index (κ2) is 15.4. The average molecular weight is 727 g/mol. The Kier molecular flexibility index (Phi) is 14.3. The van der Waals surface area contributed by atoms with Gasteiger partial charge in [0.1, 0.15) is 0 Å². The fourth-order valence-corrected chi connectivity index (χ4v) is 26.9. The maximum atomic E-state index is 4.93. The fraction of sp³-hybridized carbons (Fsp3) is 0.657. The maximum absolute atomic E-state index is 4.93. The van der Waals surface area contributed by atoms with Gasteiger partial charge in [0.25, 0.3) is 0 Å². The van der Waals surface area contributed by atoms with Gasteiger partial charge in [0, 0.05) is 23.3 Å². The topological polar surface area (TPSA) is 0 Å². The Morgan fingerprint density at radius 2 is 1.39 bits per heavy atom. The molecule has 0 aromatic heterocycles. The van der Waals surface area contributed by atoms with Crippen LogP contribution in [0.1, 0.15) is 63.4 Å². The molecule has 3 aliphatic carbocycles. The van der Waals surface area contributed by atoms with Crippen LogP contribution in [-0.4, -0.2) is 23.3 Å². The van der Waals surface area contributed by atoms with Crippen LogP contribution in [0, 0.1) is 38.5 Å². The SMILES string of the molecule is CC1CC2C(c3cccc4ccccc34)CCCC2C1[Si](C)(C)[Si](C)(C)C1CCC(C[Si](C)(C)C)C1.[CH3-].[CH3-].[Cl][Zr+2][Cl]. The van der Waals surface area contributed by atoms with Crippen LogP contribution in [0.2, 0.25) is 63.0 Å². The van der Waals surface area contributed by atoms with Crippen molar-refractivity contribution in [1.82, 2.24) is 0 Å². The number of rotatable bonds is 6. The van der Waals surface area contributed by atoms with E-state index in [1.54, 1.807) is 30.9 Å². The molecular weight excluding hydrogens is 667 g/mol. The molecule has 0 N–H and O–H groups in total. The van der Waals surface area contributed by atoms with E-state index in [4.69, 9.17) is 17.0 Å². The van der Waals surface area contributed by atoms with E-state index < -0.39 is 44.1 Å². The van der Waals surface area contributed by atoms with Crippen LogP contribution in [0.4, 0.5) is 0 Å². The predicted octanol–water partition coefficient (Wildman–Crippen LogP) is 13.0. The standard InChI is InChI=1S/C33H54Si3.2CH3.2ClH.Zr/c1-24-21-32-30(29-16-11-14-26-13-9-10-15-28(26)29)17-12-18-31(32)33(24)36(7,8)35(5,6)27-20-19-25(22-27)23-34(2,3)4;;;;;/h9-11,13-16,24-25,27,30-33H,12,17-23H2,1-8H3;2*1H3;2*1H;/q;2*-1;;;+4/p-2. The van der Waals surface area contributed by atoms with Crippen molar-refractivity contribution in [2.45, 2.75) is 121 Å². The predicted molar refractivity (Wildman–Crippen MR) is 194 cm³/mol. The summed E-state index contributed by atoms with van der Waals surface area (Å²) in [7, 11) is 6.27. The number of hydrogen-bond donors (Lipinski definition) is 0. The first-order valence-electron chi connectivity index (χ1n) is 15.8. The summed E-state index contributed by atoms with van der Waals surface area (Å²) >= 11 is -0.826. The average Bonchev–Trinajstić information content (AvgIpc) is 3.47. The van der Waals surface area contributed by atoms with Crippen LogP contribution in [0.3, 0.4) is 0 Å². The third kappa shape index (κ3) is 8.16. The van der Waals surface area contributed by atoms with Crippen molar-refractivity contribution in [3.05, 3.63) is 62.9 Å². The van der Waals surface area contributed by atoms with Crippen molar-refractivity contribution in [2.24, 2.45) is 23.7 Å². The first-order chi connectivity index (χ1) is 18.3. The molecule has 2 aromatic carbocycles. The Balaban J connectivity index is 0.00000113. The van der Waals surface area contributed by atoms with Crippen molar-refractivity contribution in [3.63, 3.8) is 0 Å². The molecule has 6 heteroatoms. The van der Waals surface area contributed by atoms with Crippen molar-refractivity contribution in [3.8, 4) is 0 Å². The van der Waals surface area contributed by atoms with Crippen molar-refractivity contribution in [1.29, 1.82) is 0 Å². The molecule has 0 amide bonds. The molecule has 2 aromatic rings. The fourth-order valence-electron chi connectivity index (χ4n) is 10.0. The van der Waals surface area contributed by atoms with E-state index in [0.717, 1.165) is 40.7 Å². The van der Waals surface area contributed by atoms with Crippen LogP contribution in [0.15, 0.2) is 42.5 Å². The Bertz CT molecular complexity index is 1090. The van der Waals surface area contributed by atoms with E-state index in [9.17, 15) is 0 Å². The summed E-state index contributed by atoms with van der Waals surface area (Å²) in [5.74, 6) is 4.68. The van der Waals surface area contributed by atoms with E-state index in [-0.39, 0.29) is 14.9 Å². The molecule has 0 aliphatic heterocycles. The van der Waals surface area contributed by atoms with Gasteiger partial charge < -0.3 is 14.9 Å². The molecule has 41 heavy (non-hydrogen) atoms. The van der Waals surface area contributed by atoms with E-state index in [1.165, 1.54) is 36.5 Å². The third-order valence-corrected chi connectivity index (χ3v) is 34.6. The molecule has 0 nitrogen and oxygen atoms in total. The first kappa shape index (κ1) is 38.0. The zero-order chi connectivity index (χ0) is 28.6. The van der Waals surface area contributed by atoms with Gasteiger partial charge in [0.05, 0.1) is 0 Å². The second-order valence-electron chi connectivity index (χ2n) is 15.8. The minimum atomic E-state index is -1.36. The Labute approximate surface area is 277 Å². The van der Waals surface area contributed by atoms with Gasteiger partial charge in [-0.05, 0) is 69.8 Å². The molecule has 0 saturated heterocycles. The number of fused-ring (bicyclic) bond motifs is 2. The van der Waals surface area contributed by atoms with Gasteiger partial charge in [-0.2, -0.15) is 0 Å². The molecule has 3 saturated carbocycles. The Morgan fingerprint density at radius 3 is 2.05 bits per heavy atom. The first-order valence-corrected chi connectivity index (χ1v) is 32.9. The molecule has 0 radical (unpaired) electrons. The molecule has 7 unspecified atom stereocenters. The second-order valence-corrected chi connectivity index (χ2v) is 41.2. The quantitative estimate of drug-likeness (QED) is 0.205. The molecule has 3 fully saturated rings. The normalized spacial score (nSPS) is 29.9. The molecular formula is C35H60Cl2Si3Zr. The van der Waals surface area contributed by atoms with E-state index in [0.29, 0.717) is 0 Å². The van der Waals surface area contributed by atoms with Gasteiger partial charge in [-0.1, -0.05) is 133 Å². The Morgan fingerprint density at radius 1 is 0.756 bits per heavy atom. The van der Waals surface area contributed by atoms with Crippen LogP contribution >= 0.6 is 17.0 Å². The molecule has 3 aliphatic rings. The number of hydrogen-bond acceptors (Lipinski definition) is 0. The summed E-state index contributed by atoms with van der Waals surface area (Å²) in [5.41, 5.74) is 3.83. The summed E-state index contributed by atoms with van der Waals surface area (Å²) < 4.78 is 0. The van der Waals surface area contributed by atoms with E-state index >= 15 is 0 Å². The van der Waals surface area contributed by atoms with Crippen LogP contribution in [0.5, 0.6) is 0 Å². The van der Waals surface area contributed by atoms with Crippen molar-refractivity contribution in [2.75, 3.05) is 0 Å². The van der Waals surface area contributed by atoms with Gasteiger partial charge in [0.15, 0.2) is 0 Å². The third-order valence-electron chi connectivity index (χ3n) is 12.0. The summed E-state index contributed by atoms with van der Waals surface area (Å²) in [6, 6.07) is 17.9. The Hall–Kier alpha value is 0.814. The zero-order valence-corrected chi connectivity index (χ0v) is 35.0. The summed E-state index contributed by atoms with van der Waals surface area (Å²) in [5, 5.41) is 2.98. The number of halogens is 2. The van der Waals surface area contributed by atoms with Crippen LogP contribution in [0.25, 0.3) is 10.8 Å². The molecule has 7 atom stereocenters. The van der Waals surface area contributed by atoms with Gasteiger partial charge in [-0.3, -0.25) is 0 Å². The van der Waals surface area contributed by atoms with Crippen LogP contribution in [-0.2, 0) is 20.8 Å². The van der Waals surface area contributed by atoms with Gasteiger partial charge >= 0.3 is 37.9 Å². The van der Waals surface area contributed by atoms with Crippen LogP contribution < -0.4 is 0 Å². The molecule has 0 heterocycles. The van der Waals surface area contributed by atoms with Crippen molar-refractivity contribution < 1.29 is 20.8 Å². The van der Waals surface area contributed by atoms with E-state index in [1.807, 2.05) is 0 Å². The monoisotopic (exact) mass is 724 g/mol. The summed E-state index contributed by atoms with van der Waals surface area (Å²) in [4.78, 5) is 0.